The second kappa shape index (κ2) is 4.88. The van der Waals surface area contributed by atoms with E-state index in [2.05, 4.69) is 0 Å². The Hall–Kier alpha value is -2.35. The zero-order chi connectivity index (χ0) is 13.1. The van der Waals surface area contributed by atoms with Crippen molar-refractivity contribution < 1.29 is 9.59 Å². The van der Waals surface area contributed by atoms with Crippen molar-refractivity contribution in [3.63, 3.8) is 0 Å². The zero-order valence-corrected chi connectivity index (χ0v) is 9.85. The molecule has 0 fully saturated rings. The molecule has 0 saturated carbocycles. The van der Waals surface area contributed by atoms with Crippen LogP contribution in [0.25, 0.3) is 0 Å². The minimum Gasteiger partial charge on any atom is -0.398 e. The predicted octanol–water partition coefficient (Wildman–Crippen LogP) is 1.56. The number of hydrogen-bond donors (Lipinski definition) is 1. The van der Waals surface area contributed by atoms with Gasteiger partial charge >= 0.3 is 0 Å². The summed E-state index contributed by atoms with van der Waals surface area (Å²) in [6, 6.07) is 6.93. The Morgan fingerprint density at radius 1 is 1.22 bits per heavy atom. The first-order valence-corrected chi connectivity index (χ1v) is 5.78. The third kappa shape index (κ3) is 1.93. The molecule has 2 rings (SSSR count). The Kier molecular flexibility index (Phi) is 3.28. The lowest BCUT2D eigenvalue weighted by Crippen LogP contribution is -2.30. The van der Waals surface area contributed by atoms with E-state index in [4.69, 9.17) is 11.0 Å². The van der Waals surface area contributed by atoms with Gasteiger partial charge in [-0.1, -0.05) is 6.07 Å². The number of nitrogens with two attached hydrogens (primary N) is 1. The molecular formula is C13H13N3O2. The van der Waals surface area contributed by atoms with Crippen molar-refractivity contribution in [2.75, 3.05) is 12.3 Å². The van der Waals surface area contributed by atoms with E-state index in [9.17, 15) is 9.59 Å². The summed E-state index contributed by atoms with van der Waals surface area (Å²) in [5, 5.41) is 8.43. The highest BCUT2D eigenvalue weighted by Gasteiger charge is 2.36. The highest BCUT2D eigenvalue weighted by molar-refractivity contribution is 6.23. The van der Waals surface area contributed by atoms with Gasteiger partial charge in [-0.3, -0.25) is 14.5 Å². The number of nitriles is 1. The molecule has 2 N–H and O–H groups in total. The Morgan fingerprint density at radius 3 is 2.67 bits per heavy atom. The molecule has 1 aromatic carbocycles. The number of benzene rings is 1. The molecule has 0 spiro atoms. The number of carbonyl (C=O) groups is 2. The number of fused-ring (bicyclic) bond motifs is 1. The number of imide groups is 1. The topological polar surface area (TPSA) is 87.2 Å². The van der Waals surface area contributed by atoms with Gasteiger partial charge in [-0.15, -0.1) is 0 Å². The molecule has 0 aliphatic carbocycles. The van der Waals surface area contributed by atoms with E-state index in [0.717, 1.165) is 0 Å². The lowest BCUT2D eigenvalue weighted by atomic mass is 10.1. The third-order valence-electron chi connectivity index (χ3n) is 2.95. The largest absolute Gasteiger partial charge is 0.398 e. The molecule has 1 heterocycles. The molecule has 0 radical (unpaired) electrons. The summed E-state index contributed by atoms with van der Waals surface area (Å²) in [7, 11) is 0. The maximum absolute atomic E-state index is 12.1. The van der Waals surface area contributed by atoms with Crippen LogP contribution < -0.4 is 5.73 Å². The minimum absolute atomic E-state index is 0.292. The van der Waals surface area contributed by atoms with Crippen LogP contribution in [0, 0.1) is 11.3 Å². The van der Waals surface area contributed by atoms with Crippen LogP contribution in [0.5, 0.6) is 0 Å². The molecule has 5 heteroatoms. The predicted molar refractivity (Wildman–Crippen MR) is 65.7 cm³/mol. The maximum atomic E-state index is 12.1. The standard InChI is InChI=1S/C13H13N3O2/c14-7-2-1-3-8-16-12(17)9-5-4-6-10(15)11(9)13(16)18/h4-6H,1-3,8,15H2. The number of carbonyl (C=O) groups excluding carboxylic acids is 2. The van der Waals surface area contributed by atoms with E-state index in [1.807, 2.05) is 6.07 Å². The van der Waals surface area contributed by atoms with Gasteiger partial charge in [-0.2, -0.15) is 5.26 Å². The van der Waals surface area contributed by atoms with Crippen molar-refractivity contribution in [2.24, 2.45) is 0 Å². The first-order chi connectivity index (χ1) is 8.66. The van der Waals surface area contributed by atoms with Gasteiger partial charge in [-0.05, 0) is 25.0 Å². The summed E-state index contributed by atoms with van der Waals surface area (Å²) in [5.74, 6) is -0.621. The van der Waals surface area contributed by atoms with Crippen LogP contribution in [0.3, 0.4) is 0 Å². The van der Waals surface area contributed by atoms with Crippen molar-refractivity contribution in [2.45, 2.75) is 19.3 Å². The van der Waals surface area contributed by atoms with E-state index < -0.39 is 0 Å². The molecule has 92 valence electrons. The highest BCUT2D eigenvalue weighted by atomic mass is 16.2. The van der Waals surface area contributed by atoms with Crippen LogP contribution in [0.2, 0.25) is 0 Å². The summed E-state index contributed by atoms with van der Waals surface area (Å²) >= 11 is 0. The molecule has 0 atom stereocenters. The molecule has 0 bridgehead atoms. The smallest absolute Gasteiger partial charge is 0.263 e. The summed E-state index contributed by atoms with van der Waals surface area (Å²) in [5.41, 5.74) is 6.74. The Labute approximate surface area is 105 Å². The number of hydrogen-bond acceptors (Lipinski definition) is 4. The number of unbranched alkanes of at least 4 members (excludes halogenated alkanes) is 2. The van der Waals surface area contributed by atoms with E-state index in [1.54, 1.807) is 18.2 Å². The van der Waals surface area contributed by atoms with E-state index in [0.29, 0.717) is 42.6 Å². The van der Waals surface area contributed by atoms with Crippen LogP contribution in [-0.2, 0) is 0 Å². The molecular weight excluding hydrogens is 230 g/mol. The molecule has 0 aromatic heterocycles. The number of nitrogens with zero attached hydrogens (tertiary/aromatic N) is 2. The van der Waals surface area contributed by atoms with Crippen LogP contribution in [0.4, 0.5) is 5.69 Å². The van der Waals surface area contributed by atoms with Crippen LogP contribution in [0.15, 0.2) is 18.2 Å². The summed E-state index contributed by atoms with van der Waals surface area (Å²) in [6.45, 7) is 0.341. The summed E-state index contributed by atoms with van der Waals surface area (Å²) in [6.07, 6.45) is 1.75. The minimum atomic E-state index is -0.329. The third-order valence-corrected chi connectivity index (χ3v) is 2.95. The fourth-order valence-corrected chi connectivity index (χ4v) is 2.04. The number of nitrogen functional groups attached to an aromatic ring is 1. The molecule has 0 unspecified atom stereocenters. The van der Waals surface area contributed by atoms with Crippen molar-refractivity contribution in [1.82, 2.24) is 4.90 Å². The molecule has 1 aliphatic heterocycles. The maximum Gasteiger partial charge on any atom is 0.263 e. The van der Waals surface area contributed by atoms with Gasteiger partial charge in [0.05, 0.1) is 17.2 Å². The SMILES string of the molecule is N#CCCCCN1C(=O)c2cccc(N)c2C1=O. The molecule has 18 heavy (non-hydrogen) atoms. The van der Waals surface area contributed by atoms with E-state index in [-0.39, 0.29) is 11.8 Å². The van der Waals surface area contributed by atoms with Gasteiger partial charge in [0.2, 0.25) is 0 Å². The van der Waals surface area contributed by atoms with E-state index in [1.165, 1.54) is 4.90 Å². The number of anilines is 1. The second-order valence-corrected chi connectivity index (χ2v) is 4.15. The normalized spacial score (nSPS) is 13.6. The quantitative estimate of drug-likeness (QED) is 0.494. The Morgan fingerprint density at radius 2 is 2.00 bits per heavy atom. The fourth-order valence-electron chi connectivity index (χ4n) is 2.04. The Bertz CT molecular complexity index is 546. The van der Waals surface area contributed by atoms with Gasteiger partial charge in [-0.25, -0.2) is 0 Å². The van der Waals surface area contributed by atoms with Crippen LogP contribution in [0.1, 0.15) is 40.0 Å². The van der Waals surface area contributed by atoms with Crippen LogP contribution in [-0.4, -0.2) is 23.3 Å². The van der Waals surface area contributed by atoms with Gasteiger partial charge in [0.15, 0.2) is 0 Å². The van der Waals surface area contributed by atoms with Crippen molar-refractivity contribution in [3.8, 4) is 6.07 Å². The summed E-state index contributed by atoms with van der Waals surface area (Å²) < 4.78 is 0. The zero-order valence-electron chi connectivity index (χ0n) is 9.85. The first kappa shape index (κ1) is 12.1. The van der Waals surface area contributed by atoms with Gasteiger partial charge in [0, 0.05) is 18.7 Å². The molecule has 1 aliphatic rings. The van der Waals surface area contributed by atoms with Crippen molar-refractivity contribution in [3.05, 3.63) is 29.3 Å². The lowest BCUT2D eigenvalue weighted by Gasteiger charge is -2.12. The molecule has 0 saturated heterocycles. The highest BCUT2D eigenvalue weighted by Crippen LogP contribution is 2.27. The Balaban J connectivity index is 2.14. The number of amides is 2. The lowest BCUT2D eigenvalue weighted by molar-refractivity contribution is 0.0652. The monoisotopic (exact) mass is 243 g/mol. The van der Waals surface area contributed by atoms with Crippen LogP contribution >= 0.6 is 0 Å². The van der Waals surface area contributed by atoms with Crippen molar-refractivity contribution >= 4 is 17.5 Å². The number of rotatable bonds is 4. The van der Waals surface area contributed by atoms with Gasteiger partial charge in [0.25, 0.3) is 11.8 Å². The average Bonchev–Trinajstić information content (AvgIpc) is 2.60. The summed E-state index contributed by atoms with van der Waals surface area (Å²) in [4.78, 5) is 25.3. The fraction of sp³-hybridized carbons (Fsp3) is 0.308. The van der Waals surface area contributed by atoms with Gasteiger partial charge in [0.1, 0.15) is 0 Å². The van der Waals surface area contributed by atoms with E-state index >= 15 is 0 Å². The first-order valence-electron chi connectivity index (χ1n) is 5.78. The molecule has 1 aromatic rings. The van der Waals surface area contributed by atoms with Crippen molar-refractivity contribution in [1.29, 1.82) is 5.26 Å². The van der Waals surface area contributed by atoms with Gasteiger partial charge < -0.3 is 5.73 Å². The molecule has 2 amide bonds. The average molecular weight is 243 g/mol. The molecule has 5 nitrogen and oxygen atoms in total. The second-order valence-electron chi connectivity index (χ2n) is 4.15.